The van der Waals surface area contributed by atoms with Gasteiger partial charge in [0.15, 0.2) is 0 Å². The van der Waals surface area contributed by atoms with E-state index in [0.717, 1.165) is 25.0 Å². The average molecular weight is 155 g/mol. The molecule has 64 valence electrons. The van der Waals surface area contributed by atoms with E-state index < -0.39 is 0 Å². The molecule has 0 aromatic carbocycles. The van der Waals surface area contributed by atoms with Crippen molar-refractivity contribution in [3.63, 3.8) is 0 Å². The van der Waals surface area contributed by atoms with Crippen LogP contribution in [0, 0.1) is 11.8 Å². The second kappa shape index (κ2) is 2.46. The van der Waals surface area contributed by atoms with Gasteiger partial charge in [0.2, 0.25) is 0 Å². The summed E-state index contributed by atoms with van der Waals surface area (Å²) in [5, 5.41) is 0. The minimum Gasteiger partial charge on any atom is -0.381 e. The van der Waals surface area contributed by atoms with Crippen molar-refractivity contribution in [3.8, 4) is 0 Å². The van der Waals surface area contributed by atoms with Gasteiger partial charge in [-0.1, -0.05) is 6.92 Å². The molecule has 11 heavy (non-hydrogen) atoms. The maximum Gasteiger partial charge on any atom is 0.0495 e. The highest BCUT2D eigenvalue weighted by Gasteiger charge is 2.48. The Morgan fingerprint density at radius 2 is 2.36 bits per heavy atom. The van der Waals surface area contributed by atoms with Gasteiger partial charge in [0.1, 0.15) is 0 Å². The van der Waals surface area contributed by atoms with Gasteiger partial charge in [0.25, 0.3) is 0 Å². The number of rotatable bonds is 2. The summed E-state index contributed by atoms with van der Waals surface area (Å²) in [6.45, 7) is 4.15. The van der Waals surface area contributed by atoms with Gasteiger partial charge in [-0.15, -0.1) is 0 Å². The van der Waals surface area contributed by atoms with Crippen LogP contribution in [0.4, 0.5) is 0 Å². The van der Waals surface area contributed by atoms with Crippen LogP contribution in [-0.2, 0) is 4.74 Å². The van der Waals surface area contributed by atoms with Crippen molar-refractivity contribution in [3.05, 3.63) is 0 Å². The number of nitrogens with two attached hydrogens (primary N) is 1. The van der Waals surface area contributed by atoms with Crippen molar-refractivity contribution < 1.29 is 4.74 Å². The molecule has 2 aliphatic rings. The first-order valence-corrected chi connectivity index (χ1v) is 4.57. The Labute approximate surface area is 68.1 Å². The van der Waals surface area contributed by atoms with Gasteiger partial charge in [-0.2, -0.15) is 0 Å². The van der Waals surface area contributed by atoms with Gasteiger partial charge in [0.05, 0.1) is 0 Å². The van der Waals surface area contributed by atoms with Crippen LogP contribution in [0.3, 0.4) is 0 Å². The molecule has 1 saturated heterocycles. The first kappa shape index (κ1) is 7.56. The Balaban J connectivity index is 1.81. The average Bonchev–Trinajstić information content (AvgIpc) is 2.43. The molecule has 3 atom stereocenters. The zero-order valence-corrected chi connectivity index (χ0v) is 7.18. The molecule has 1 aliphatic heterocycles. The highest BCUT2D eigenvalue weighted by molar-refractivity contribution is 5.06. The summed E-state index contributed by atoms with van der Waals surface area (Å²) in [7, 11) is 0. The highest BCUT2D eigenvalue weighted by atomic mass is 16.5. The maximum absolute atomic E-state index is 6.11. The van der Waals surface area contributed by atoms with Crippen LogP contribution < -0.4 is 5.73 Å². The molecule has 0 aromatic rings. The van der Waals surface area contributed by atoms with E-state index in [1.165, 1.54) is 19.3 Å². The van der Waals surface area contributed by atoms with E-state index in [2.05, 4.69) is 6.92 Å². The minimum atomic E-state index is 0.193. The van der Waals surface area contributed by atoms with Crippen LogP contribution in [0.25, 0.3) is 0 Å². The fourth-order valence-electron chi connectivity index (χ4n) is 2.08. The topological polar surface area (TPSA) is 35.2 Å². The van der Waals surface area contributed by atoms with Crippen LogP contribution in [0.2, 0.25) is 0 Å². The molecule has 0 amide bonds. The molecule has 1 aliphatic carbocycles. The van der Waals surface area contributed by atoms with Crippen LogP contribution in [0.5, 0.6) is 0 Å². The fraction of sp³-hybridized carbons (Fsp3) is 1.00. The summed E-state index contributed by atoms with van der Waals surface area (Å²) in [4.78, 5) is 0. The van der Waals surface area contributed by atoms with E-state index in [4.69, 9.17) is 10.5 Å². The lowest BCUT2D eigenvalue weighted by Crippen LogP contribution is -2.27. The molecule has 2 N–H and O–H groups in total. The van der Waals surface area contributed by atoms with Crippen LogP contribution in [0.1, 0.15) is 26.2 Å². The lowest BCUT2D eigenvalue weighted by atomic mass is 9.97. The van der Waals surface area contributed by atoms with E-state index in [1.54, 1.807) is 0 Å². The molecule has 0 aromatic heterocycles. The summed E-state index contributed by atoms with van der Waals surface area (Å²) in [6, 6.07) is 0. The molecule has 2 rings (SSSR count). The summed E-state index contributed by atoms with van der Waals surface area (Å²) in [5.74, 6) is 1.51. The van der Waals surface area contributed by atoms with Crippen molar-refractivity contribution in [2.24, 2.45) is 17.6 Å². The van der Waals surface area contributed by atoms with Crippen LogP contribution >= 0.6 is 0 Å². The second-order valence-corrected chi connectivity index (χ2v) is 4.27. The third-order valence-corrected chi connectivity index (χ3v) is 3.20. The van der Waals surface area contributed by atoms with Gasteiger partial charge in [-0.25, -0.2) is 0 Å². The maximum atomic E-state index is 6.11. The SMILES string of the molecule is CC1CC1(N)CC1CCOC1. The quantitative estimate of drug-likeness (QED) is 0.649. The monoisotopic (exact) mass is 155 g/mol. The molecular formula is C9H17NO. The van der Waals surface area contributed by atoms with Crippen molar-refractivity contribution >= 4 is 0 Å². The van der Waals surface area contributed by atoms with E-state index >= 15 is 0 Å². The van der Waals surface area contributed by atoms with Crippen molar-refractivity contribution in [2.45, 2.75) is 31.7 Å². The Morgan fingerprint density at radius 3 is 2.82 bits per heavy atom. The molecule has 2 fully saturated rings. The lowest BCUT2D eigenvalue weighted by molar-refractivity contribution is 0.181. The van der Waals surface area contributed by atoms with Crippen molar-refractivity contribution in [2.75, 3.05) is 13.2 Å². The van der Waals surface area contributed by atoms with E-state index in [0.29, 0.717) is 0 Å². The normalized spacial score (nSPS) is 49.6. The van der Waals surface area contributed by atoms with Crippen molar-refractivity contribution in [1.82, 2.24) is 0 Å². The third kappa shape index (κ3) is 1.42. The zero-order chi connectivity index (χ0) is 7.90. The minimum absolute atomic E-state index is 0.193. The lowest BCUT2D eigenvalue weighted by Gasteiger charge is -2.14. The Morgan fingerprint density at radius 1 is 1.64 bits per heavy atom. The van der Waals surface area contributed by atoms with E-state index in [-0.39, 0.29) is 5.54 Å². The van der Waals surface area contributed by atoms with Crippen molar-refractivity contribution in [1.29, 1.82) is 0 Å². The summed E-state index contributed by atoms with van der Waals surface area (Å²) >= 11 is 0. The first-order chi connectivity index (χ1) is 5.21. The molecule has 2 heteroatoms. The Bertz CT molecular complexity index is 154. The summed E-state index contributed by atoms with van der Waals surface area (Å²) < 4.78 is 5.31. The number of hydrogen-bond donors (Lipinski definition) is 1. The largest absolute Gasteiger partial charge is 0.381 e. The van der Waals surface area contributed by atoms with Crippen LogP contribution in [0.15, 0.2) is 0 Å². The standard InChI is InChI=1S/C9H17NO/c1-7-4-9(7,10)5-8-2-3-11-6-8/h7-8H,2-6,10H2,1H3. The molecule has 3 unspecified atom stereocenters. The second-order valence-electron chi connectivity index (χ2n) is 4.27. The van der Waals surface area contributed by atoms with Gasteiger partial charge in [-0.05, 0) is 31.1 Å². The number of hydrogen-bond acceptors (Lipinski definition) is 2. The first-order valence-electron chi connectivity index (χ1n) is 4.57. The smallest absolute Gasteiger partial charge is 0.0495 e. The molecule has 1 heterocycles. The highest BCUT2D eigenvalue weighted by Crippen LogP contribution is 2.46. The molecule has 0 spiro atoms. The van der Waals surface area contributed by atoms with Gasteiger partial charge in [0, 0.05) is 18.8 Å². The molecule has 1 saturated carbocycles. The van der Waals surface area contributed by atoms with Gasteiger partial charge < -0.3 is 10.5 Å². The summed E-state index contributed by atoms with van der Waals surface area (Å²) in [5.41, 5.74) is 6.31. The Hall–Kier alpha value is -0.0800. The van der Waals surface area contributed by atoms with Gasteiger partial charge >= 0.3 is 0 Å². The zero-order valence-electron chi connectivity index (χ0n) is 7.18. The Kier molecular flexibility index (Phi) is 1.69. The predicted octanol–water partition coefficient (Wildman–Crippen LogP) is 1.15. The molecule has 0 radical (unpaired) electrons. The van der Waals surface area contributed by atoms with E-state index in [9.17, 15) is 0 Å². The third-order valence-electron chi connectivity index (χ3n) is 3.20. The fourth-order valence-corrected chi connectivity index (χ4v) is 2.08. The predicted molar refractivity (Wildman–Crippen MR) is 44.2 cm³/mol. The van der Waals surface area contributed by atoms with Gasteiger partial charge in [-0.3, -0.25) is 0 Å². The van der Waals surface area contributed by atoms with Crippen LogP contribution in [-0.4, -0.2) is 18.8 Å². The number of ether oxygens (including phenoxy) is 1. The molecule has 0 bridgehead atoms. The van der Waals surface area contributed by atoms with E-state index in [1.807, 2.05) is 0 Å². The molecular weight excluding hydrogens is 138 g/mol. The summed E-state index contributed by atoms with van der Waals surface area (Å²) in [6.07, 6.45) is 3.64. The molecule has 2 nitrogen and oxygen atoms in total.